The summed E-state index contributed by atoms with van der Waals surface area (Å²) in [4.78, 5) is 0. The minimum absolute atomic E-state index is 0.187. The Kier molecular flexibility index (Phi) is 4.16. The maximum atomic E-state index is 12.0. The quantitative estimate of drug-likeness (QED) is 0.886. The first-order valence-electron chi connectivity index (χ1n) is 5.96. The van der Waals surface area contributed by atoms with Gasteiger partial charge in [-0.1, -0.05) is 0 Å². The number of aryl methyl sites for hydroxylation is 1. The zero-order chi connectivity index (χ0) is 14.6. The second-order valence-electron chi connectivity index (χ2n) is 4.30. The summed E-state index contributed by atoms with van der Waals surface area (Å²) in [7, 11) is 0. The monoisotopic (exact) mass is 285 g/mol. The maximum Gasteiger partial charge on any atom is 0.422 e. The normalized spacial score (nSPS) is 11.4. The molecular formula is C13H14F3N3O. The zero-order valence-corrected chi connectivity index (χ0v) is 10.8. The Hall–Kier alpha value is -2.18. The molecule has 1 aromatic heterocycles. The summed E-state index contributed by atoms with van der Waals surface area (Å²) in [6.45, 7) is 1.22. The number of benzene rings is 1. The van der Waals surface area contributed by atoms with E-state index in [9.17, 15) is 13.2 Å². The maximum absolute atomic E-state index is 12.0. The van der Waals surface area contributed by atoms with Crippen molar-refractivity contribution in [2.75, 3.05) is 11.9 Å². The van der Waals surface area contributed by atoms with E-state index in [1.54, 1.807) is 18.3 Å². The molecule has 0 amide bonds. The van der Waals surface area contributed by atoms with Crippen LogP contribution in [0.3, 0.4) is 0 Å². The van der Waals surface area contributed by atoms with Crippen LogP contribution in [0, 0.1) is 6.92 Å². The van der Waals surface area contributed by atoms with Crippen molar-refractivity contribution in [3.63, 3.8) is 0 Å². The Morgan fingerprint density at radius 1 is 1.25 bits per heavy atom. The van der Waals surface area contributed by atoms with E-state index in [1.807, 2.05) is 6.92 Å². The predicted octanol–water partition coefficient (Wildman–Crippen LogP) is 3.27. The van der Waals surface area contributed by atoms with Gasteiger partial charge in [0.1, 0.15) is 5.75 Å². The molecular weight excluding hydrogens is 271 g/mol. The Balaban J connectivity index is 1.87. The van der Waals surface area contributed by atoms with Crippen LogP contribution in [-0.2, 0) is 6.54 Å². The van der Waals surface area contributed by atoms with Crippen LogP contribution in [0.2, 0.25) is 0 Å². The first-order chi connectivity index (χ1) is 9.44. The third-order valence-electron chi connectivity index (χ3n) is 2.67. The molecule has 0 saturated carbocycles. The van der Waals surface area contributed by atoms with E-state index < -0.39 is 12.8 Å². The molecule has 4 nitrogen and oxygen atoms in total. The summed E-state index contributed by atoms with van der Waals surface area (Å²) >= 11 is 0. The van der Waals surface area contributed by atoms with Crippen molar-refractivity contribution in [3.05, 3.63) is 41.7 Å². The SMILES string of the molecule is Cc1[nH]ncc1CNc1ccc(OCC(F)(F)F)cc1. The summed E-state index contributed by atoms with van der Waals surface area (Å²) in [6, 6.07) is 6.33. The van der Waals surface area contributed by atoms with Gasteiger partial charge in [-0.3, -0.25) is 5.10 Å². The molecule has 0 radical (unpaired) electrons. The van der Waals surface area contributed by atoms with E-state index in [1.165, 1.54) is 12.1 Å². The largest absolute Gasteiger partial charge is 0.484 e. The Bertz CT molecular complexity index is 549. The number of nitrogens with one attached hydrogen (secondary N) is 2. The number of aromatic amines is 1. The van der Waals surface area contributed by atoms with E-state index in [4.69, 9.17) is 0 Å². The summed E-state index contributed by atoms with van der Waals surface area (Å²) < 4.78 is 40.6. The van der Waals surface area contributed by atoms with Crippen molar-refractivity contribution in [1.82, 2.24) is 10.2 Å². The van der Waals surface area contributed by atoms with Crippen LogP contribution >= 0.6 is 0 Å². The highest BCUT2D eigenvalue weighted by Gasteiger charge is 2.28. The lowest BCUT2D eigenvalue weighted by atomic mass is 10.2. The number of H-pyrrole nitrogens is 1. The van der Waals surface area contributed by atoms with Crippen LogP contribution in [0.4, 0.5) is 18.9 Å². The lowest BCUT2D eigenvalue weighted by molar-refractivity contribution is -0.153. The van der Waals surface area contributed by atoms with Crippen LogP contribution in [0.25, 0.3) is 0 Å². The standard InChI is InChI=1S/C13H14F3N3O/c1-9-10(7-18-19-9)6-17-11-2-4-12(5-3-11)20-8-13(14,15)16/h2-5,7,17H,6,8H2,1H3,(H,18,19). The van der Waals surface area contributed by atoms with Gasteiger partial charge in [-0.2, -0.15) is 18.3 Å². The molecule has 2 N–H and O–H groups in total. The molecule has 1 heterocycles. The highest BCUT2D eigenvalue weighted by Crippen LogP contribution is 2.20. The molecule has 0 bridgehead atoms. The van der Waals surface area contributed by atoms with Gasteiger partial charge in [-0.05, 0) is 31.2 Å². The number of aromatic nitrogens is 2. The van der Waals surface area contributed by atoms with Crippen LogP contribution in [0.15, 0.2) is 30.5 Å². The molecule has 108 valence electrons. The number of ether oxygens (including phenoxy) is 1. The Labute approximate surface area is 114 Å². The highest BCUT2D eigenvalue weighted by atomic mass is 19.4. The lowest BCUT2D eigenvalue weighted by Crippen LogP contribution is -2.19. The summed E-state index contributed by atoms with van der Waals surface area (Å²) in [5.74, 6) is 0.187. The molecule has 0 unspecified atom stereocenters. The predicted molar refractivity (Wildman–Crippen MR) is 68.6 cm³/mol. The van der Waals surface area contributed by atoms with E-state index in [0.717, 1.165) is 16.9 Å². The highest BCUT2D eigenvalue weighted by molar-refractivity contribution is 5.46. The number of rotatable bonds is 5. The van der Waals surface area contributed by atoms with Gasteiger partial charge in [-0.25, -0.2) is 0 Å². The van der Waals surface area contributed by atoms with Gasteiger partial charge in [0.15, 0.2) is 6.61 Å². The molecule has 0 aliphatic carbocycles. The van der Waals surface area contributed by atoms with E-state index in [-0.39, 0.29) is 5.75 Å². The van der Waals surface area contributed by atoms with Gasteiger partial charge in [0.2, 0.25) is 0 Å². The molecule has 7 heteroatoms. The molecule has 2 aromatic rings. The summed E-state index contributed by atoms with van der Waals surface area (Å²) in [6.07, 6.45) is -2.60. The molecule has 0 saturated heterocycles. The number of anilines is 1. The molecule has 0 fully saturated rings. The third kappa shape index (κ3) is 4.18. The summed E-state index contributed by atoms with van der Waals surface area (Å²) in [5, 5.41) is 9.88. The first-order valence-corrected chi connectivity index (χ1v) is 5.96. The van der Waals surface area contributed by atoms with Gasteiger partial charge >= 0.3 is 6.18 Å². The van der Waals surface area contributed by atoms with Crippen molar-refractivity contribution < 1.29 is 17.9 Å². The van der Waals surface area contributed by atoms with E-state index in [2.05, 4.69) is 20.3 Å². The van der Waals surface area contributed by atoms with E-state index in [0.29, 0.717) is 6.54 Å². The second-order valence-corrected chi connectivity index (χ2v) is 4.30. The van der Waals surface area contributed by atoms with Gasteiger partial charge in [-0.15, -0.1) is 0 Å². The third-order valence-corrected chi connectivity index (χ3v) is 2.67. The Morgan fingerprint density at radius 2 is 1.95 bits per heavy atom. The first kappa shape index (κ1) is 14.2. The van der Waals surface area contributed by atoms with Crippen molar-refractivity contribution in [3.8, 4) is 5.75 Å². The minimum Gasteiger partial charge on any atom is -0.484 e. The van der Waals surface area contributed by atoms with Crippen LogP contribution in [0.1, 0.15) is 11.3 Å². The van der Waals surface area contributed by atoms with Gasteiger partial charge in [0.05, 0.1) is 6.20 Å². The van der Waals surface area contributed by atoms with Crippen LogP contribution < -0.4 is 10.1 Å². The average Bonchev–Trinajstić information content (AvgIpc) is 2.80. The minimum atomic E-state index is -4.32. The Morgan fingerprint density at radius 3 is 2.50 bits per heavy atom. The van der Waals surface area contributed by atoms with Crippen LogP contribution in [0.5, 0.6) is 5.75 Å². The molecule has 0 aliphatic heterocycles. The summed E-state index contributed by atoms with van der Waals surface area (Å²) in [5.41, 5.74) is 2.80. The molecule has 1 aromatic carbocycles. The topological polar surface area (TPSA) is 49.9 Å². The number of nitrogens with zero attached hydrogens (tertiary/aromatic N) is 1. The number of hydrogen-bond donors (Lipinski definition) is 2. The van der Waals surface area contributed by atoms with Crippen molar-refractivity contribution in [1.29, 1.82) is 0 Å². The van der Waals surface area contributed by atoms with Crippen molar-refractivity contribution in [2.45, 2.75) is 19.6 Å². The zero-order valence-electron chi connectivity index (χ0n) is 10.8. The fourth-order valence-corrected chi connectivity index (χ4v) is 1.59. The molecule has 0 atom stereocenters. The molecule has 20 heavy (non-hydrogen) atoms. The van der Waals surface area contributed by atoms with Crippen LogP contribution in [-0.4, -0.2) is 23.0 Å². The number of hydrogen-bond acceptors (Lipinski definition) is 3. The van der Waals surface area contributed by atoms with Crippen molar-refractivity contribution in [2.24, 2.45) is 0 Å². The molecule has 0 aliphatic rings. The fraction of sp³-hybridized carbons (Fsp3) is 0.308. The number of alkyl halides is 3. The van der Waals surface area contributed by atoms with Gasteiger partial charge in [0.25, 0.3) is 0 Å². The lowest BCUT2D eigenvalue weighted by Gasteiger charge is -2.10. The number of halogens is 3. The molecule has 2 rings (SSSR count). The second kappa shape index (κ2) is 5.85. The smallest absolute Gasteiger partial charge is 0.422 e. The fourth-order valence-electron chi connectivity index (χ4n) is 1.59. The molecule has 0 spiro atoms. The van der Waals surface area contributed by atoms with Crippen molar-refractivity contribution >= 4 is 5.69 Å². The van der Waals surface area contributed by atoms with Gasteiger partial charge < -0.3 is 10.1 Å². The average molecular weight is 285 g/mol. The van der Waals surface area contributed by atoms with E-state index >= 15 is 0 Å². The van der Waals surface area contributed by atoms with Gasteiger partial charge in [0, 0.05) is 23.5 Å².